The van der Waals surface area contributed by atoms with Crippen LogP contribution in [-0.2, 0) is 11.3 Å². The first-order valence-electron chi connectivity index (χ1n) is 9.28. The van der Waals surface area contributed by atoms with Gasteiger partial charge in [-0.3, -0.25) is 9.59 Å². The van der Waals surface area contributed by atoms with Gasteiger partial charge in [0.1, 0.15) is 12.3 Å². The van der Waals surface area contributed by atoms with E-state index in [1.807, 2.05) is 37.3 Å². The summed E-state index contributed by atoms with van der Waals surface area (Å²) in [6.07, 6.45) is 1.56. The monoisotopic (exact) mass is 419 g/mol. The van der Waals surface area contributed by atoms with Crippen LogP contribution < -0.4 is 15.6 Å². The van der Waals surface area contributed by atoms with Gasteiger partial charge in [-0.25, -0.2) is 4.68 Å². The number of hydrogen-bond donors (Lipinski definition) is 1. The van der Waals surface area contributed by atoms with Crippen molar-refractivity contribution in [2.24, 2.45) is 0 Å². The lowest BCUT2D eigenvalue weighted by Gasteiger charge is -2.13. The summed E-state index contributed by atoms with van der Waals surface area (Å²) in [6.45, 7) is 1.75. The fourth-order valence-electron chi connectivity index (χ4n) is 2.99. The van der Waals surface area contributed by atoms with Crippen molar-refractivity contribution in [1.29, 1.82) is 0 Å². The highest BCUT2D eigenvalue weighted by Gasteiger charge is 2.13. The van der Waals surface area contributed by atoms with Gasteiger partial charge in [0.2, 0.25) is 5.91 Å². The molecule has 150 valence electrons. The zero-order valence-electron chi connectivity index (χ0n) is 16.1. The number of aryl methyl sites for hydroxylation is 1. The number of rotatable bonds is 5. The van der Waals surface area contributed by atoms with Gasteiger partial charge in [0, 0.05) is 10.4 Å². The Morgan fingerprint density at radius 3 is 2.67 bits per heavy atom. The van der Waals surface area contributed by atoms with Crippen molar-refractivity contribution in [3.8, 4) is 11.5 Å². The van der Waals surface area contributed by atoms with Crippen molar-refractivity contribution in [1.82, 2.24) is 9.78 Å². The predicted molar refractivity (Wildman–Crippen MR) is 117 cm³/mol. The smallest absolute Gasteiger partial charge is 0.275 e. The minimum atomic E-state index is -0.420. The molecule has 0 radical (unpaired) electrons. The molecule has 1 amide bonds. The molecular weight excluding hydrogens is 402 g/mol. The van der Waals surface area contributed by atoms with E-state index in [-0.39, 0.29) is 12.1 Å². The molecule has 4 rings (SSSR count). The number of carbonyl (C=O) groups is 1. The zero-order valence-corrected chi connectivity index (χ0v) is 16.9. The van der Waals surface area contributed by atoms with Crippen molar-refractivity contribution >= 4 is 34.0 Å². The summed E-state index contributed by atoms with van der Waals surface area (Å²) >= 11 is 6.10. The highest BCUT2D eigenvalue weighted by Crippen LogP contribution is 2.32. The Labute approximate surface area is 177 Å². The number of hydrogen-bond acceptors (Lipinski definition) is 4. The number of nitrogens with zero attached hydrogens (tertiary/aromatic N) is 2. The molecule has 1 N–H and O–H groups in total. The summed E-state index contributed by atoms with van der Waals surface area (Å²) in [5, 5.41) is 8.53. The Kier molecular flexibility index (Phi) is 5.50. The Balaban J connectivity index is 1.56. The molecule has 0 fully saturated rings. The third-order valence-electron chi connectivity index (χ3n) is 4.52. The zero-order chi connectivity index (χ0) is 21.1. The van der Waals surface area contributed by atoms with E-state index in [0.717, 1.165) is 15.6 Å². The van der Waals surface area contributed by atoms with Gasteiger partial charge in [0.05, 0.1) is 17.3 Å². The van der Waals surface area contributed by atoms with Gasteiger partial charge in [-0.2, -0.15) is 5.10 Å². The first-order chi connectivity index (χ1) is 14.5. The van der Waals surface area contributed by atoms with E-state index in [9.17, 15) is 9.59 Å². The molecule has 0 aliphatic rings. The van der Waals surface area contributed by atoms with E-state index in [1.165, 1.54) is 0 Å². The number of anilines is 1. The third kappa shape index (κ3) is 4.34. The summed E-state index contributed by atoms with van der Waals surface area (Å²) in [5.74, 6) is 0.650. The number of aromatic nitrogens is 2. The van der Waals surface area contributed by atoms with Crippen LogP contribution in [0.4, 0.5) is 5.69 Å². The minimum Gasteiger partial charge on any atom is -0.455 e. The number of carbonyl (C=O) groups excluding carboxylic acids is 1. The largest absolute Gasteiger partial charge is 0.455 e. The Morgan fingerprint density at radius 1 is 1.10 bits per heavy atom. The average molecular weight is 420 g/mol. The maximum absolute atomic E-state index is 12.6. The number of ether oxygens (including phenoxy) is 1. The Hall–Kier alpha value is -3.64. The van der Waals surface area contributed by atoms with Crippen LogP contribution in [0.2, 0.25) is 5.02 Å². The highest BCUT2D eigenvalue weighted by molar-refractivity contribution is 6.31. The number of nitrogens with one attached hydrogen (secondary N) is 1. The van der Waals surface area contributed by atoms with Crippen LogP contribution in [0.3, 0.4) is 0 Å². The summed E-state index contributed by atoms with van der Waals surface area (Å²) in [4.78, 5) is 25.2. The fraction of sp³-hybridized carbons (Fsp3) is 0.0870. The van der Waals surface area contributed by atoms with Gasteiger partial charge < -0.3 is 10.1 Å². The van der Waals surface area contributed by atoms with Crippen LogP contribution in [-0.4, -0.2) is 15.7 Å². The highest BCUT2D eigenvalue weighted by atomic mass is 35.5. The van der Waals surface area contributed by atoms with Crippen molar-refractivity contribution in [2.45, 2.75) is 13.5 Å². The summed E-state index contributed by atoms with van der Waals surface area (Å²) in [5.41, 5.74) is 1.19. The maximum atomic E-state index is 12.6. The van der Waals surface area contributed by atoms with Crippen molar-refractivity contribution in [3.63, 3.8) is 0 Å². The molecule has 3 aromatic carbocycles. The van der Waals surface area contributed by atoms with Crippen LogP contribution in [0, 0.1) is 6.92 Å². The fourth-order valence-corrected chi connectivity index (χ4v) is 3.16. The number of halogens is 1. The average Bonchev–Trinajstić information content (AvgIpc) is 2.74. The molecular formula is C23H18ClN3O3. The second kappa shape index (κ2) is 8.39. The standard InChI is InChI=1S/C23H18ClN3O3/c1-15-6-9-18(10-7-15)30-21-11-8-17(24)12-20(21)26-22(28)14-27-23(29)19-5-3-2-4-16(19)13-25-27/h2-13H,14H2,1H3,(H,26,28). The second-order valence-corrected chi connectivity index (χ2v) is 7.23. The van der Waals surface area contributed by atoms with Crippen molar-refractivity contribution in [3.05, 3.63) is 93.9 Å². The van der Waals surface area contributed by atoms with Gasteiger partial charge in [0.15, 0.2) is 5.75 Å². The van der Waals surface area contributed by atoms with Crippen molar-refractivity contribution < 1.29 is 9.53 Å². The molecule has 0 unspecified atom stereocenters. The lowest BCUT2D eigenvalue weighted by atomic mass is 10.2. The van der Waals surface area contributed by atoms with Gasteiger partial charge in [0.25, 0.3) is 5.56 Å². The quantitative estimate of drug-likeness (QED) is 0.504. The van der Waals surface area contributed by atoms with E-state index in [2.05, 4.69) is 10.4 Å². The maximum Gasteiger partial charge on any atom is 0.275 e. The van der Waals surface area contributed by atoms with Crippen LogP contribution in [0.5, 0.6) is 11.5 Å². The van der Waals surface area contributed by atoms with E-state index < -0.39 is 5.91 Å². The molecule has 0 spiro atoms. The molecule has 0 aliphatic carbocycles. The molecule has 0 atom stereocenters. The number of fused-ring (bicyclic) bond motifs is 1. The summed E-state index contributed by atoms with van der Waals surface area (Å²) < 4.78 is 7.02. The molecule has 1 aromatic heterocycles. The molecule has 0 saturated heterocycles. The van der Waals surface area contributed by atoms with Gasteiger partial charge in [-0.05, 0) is 43.3 Å². The summed E-state index contributed by atoms with van der Waals surface area (Å²) in [6, 6.07) is 19.6. The lowest BCUT2D eigenvalue weighted by Crippen LogP contribution is -2.29. The molecule has 6 nitrogen and oxygen atoms in total. The molecule has 30 heavy (non-hydrogen) atoms. The van der Waals surface area contributed by atoms with Crippen LogP contribution in [0.1, 0.15) is 5.56 Å². The van der Waals surface area contributed by atoms with Gasteiger partial charge in [-0.1, -0.05) is 47.5 Å². The normalized spacial score (nSPS) is 10.7. The molecule has 0 bridgehead atoms. The number of amides is 1. The number of benzene rings is 3. The first kappa shape index (κ1) is 19.7. The Morgan fingerprint density at radius 2 is 1.87 bits per heavy atom. The molecule has 0 saturated carbocycles. The van der Waals surface area contributed by atoms with Crippen LogP contribution in [0.25, 0.3) is 10.8 Å². The second-order valence-electron chi connectivity index (χ2n) is 6.80. The predicted octanol–water partition coefficient (Wildman–Crippen LogP) is 4.79. The first-order valence-corrected chi connectivity index (χ1v) is 9.66. The third-order valence-corrected chi connectivity index (χ3v) is 4.75. The molecule has 0 aliphatic heterocycles. The summed E-state index contributed by atoms with van der Waals surface area (Å²) in [7, 11) is 0. The molecule has 1 heterocycles. The molecule has 7 heteroatoms. The van der Waals surface area contributed by atoms with E-state index in [1.54, 1.807) is 42.6 Å². The van der Waals surface area contributed by atoms with Gasteiger partial charge in [-0.15, -0.1) is 0 Å². The van der Waals surface area contributed by atoms with E-state index >= 15 is 0 Å². The van der Waals surface area contributed by atoms with Gasteiger partial charge >= 0.3 is 0 Å². The SMILES string of the molecule is Cc1ccc(Oc2ccc(Cl)cc2NC(=O)Cn2ncc3ccccc3c2=O)cc1. The van der Waals surface area contributed by atoms with Crippen LogP contribution in [0.15, 0.2) is 77.7 Å². The van der Waals surface area contributed by atoms with E-state index in [0.29, 0.717) is 27.6 Å². The van der Waals surface area contributed by atoms with Crippen LogP contribution >= 0.6 is 11.6 Å². The molecule has 4 aromatic rings. The Bertz CT molecular complexity index is 1280. The topological polar surface area (TPSA) is 73.2 Å². The van der Waals surface area contributed by atoms with Crippen molar-refractivity contribution in [2.75, 3.05) is 5.32 Å². The minimum absolute atomic E-state index is 0.236. The van der Waals surface area contributed by atoms with E-state index in [4.69, 9.17) is 16.3 Å². The lowest BCUT2D eigenvalue weighted by molar-refractivity contribution is -0.117.